The number of halogens is 1. The van der Waals surface area contributed by atoms with E-state index in [1.54, 1.807) is 6.07 Å². The largest absolute Gasteiger partial charge is 0.504 e. The standard InChI is InChI=1S/C16H13BrN2O5S/c17-14-13(7-1-3-9(20)11(22)5-7)18-16(25-14)19-15(24)8-2-4-10(21)12(23)6-8/h1-6,13-14,20-23H,(H,18,19,24)/t13-,14?/m1/s1. The summed E-state index contributed by atoms with van der Waals surface area (Å²) in [7, 11) is 0. The van der Waals surface area contributed by atoms with Crippen LogP contribution < -0.4 is 5.32 Å². The summed E-state index contributed by atoms with van der Waals surface area (Å²) in [6.07, 6.45) is 0. The van der Waals surface area contributed by atoms with Crippen molar-refractivity contribution in [3.63, 3.8) is 0 Å². The molecule has 1 aliphatic rings. The van der Waals surface area contributed by atoms with Gasteiger partial charge >= 0.3 is 0 Å². The number of phenols is 4. The van der Waals surface area contributed by atoms with Crippen molar-refractivity contribution in [2.75, 3.05) is 0 Å². The molecule has 0 fully saturated rings. The second kappa shape index (κ2) is 6.85. The topological polar surface area (TPSA) is 122 Å². The number of aromatic hydroxyl groups is 4. The predicted molar refractivity (Wildman–Crippen MR) is 97.5 cm³/mol. The van der Waals surface area contributed by atoms with Crippen LogP contribution in [0.1, 0.15) is 22.0 Å². The molecular formula is C16H13BrN2O5S. The van der Waals surface area contributed by atoms with E-state index in [2.05, 4.69) is 26.2 Å². The predicted octanol–water partition coefficient (Wildman–Crippen LogP) is 2.80. The van der Waals surface area contributed by atoms with Crippen LogP contribution >= 0.6 is 27.7 Å². The Bertz CT molecular complexity index is 874. The normalized spacial score (nSPS) is 19.5. The molecule has 0 aliphatic carbocycles. The molecule has 1 aliphatic heterocycles. The Hall–Kier alpha value is -2.39. The Labute approximate surface area is 155 Å². The molecule has 0 radical (unpaired) electrons. The molecule has 7 nitrogen and oxygen atoms in total. The van der Waals surface area contributed by atoms with Gasteiger partial charge < -0.3 is 25.7 Å². The molecule has 0 aromatic heterocycles. The summed E-state index contributed by atoms with van der Waals surface area (Å²) in [6.45, 7) is 0. The van der Waals surface area contributed by atoms with Crippen LogP contribution in [0.3, 0.4) is 0 Å². The summed E-state index contributed by atoms with van der Waals surface area (Å²) in [5.41, 5.74) is 0.853. The fourth-order valence-corrected chi connectivity index (χ4v) is 4.07. The fourth-order valence-electron chi connectivity index (χ4n) is 2.23. The summed E-state index contributed by atoms with van der Waals surface area (Å²) >= 11 is 4.76. The number of phenolic OH excluding ortho intramolecular Hbond substituents is 4. The van der Waals surface area contributed by atoms with Crippen molar-refractivity contribution < 1.29 is 25.2 Å². The molecular weight excluding hydrogens is 412 g/mol. The number of carbonyl (C=O) groups excluding carboxylic acids is 1. The van der Waals surface area contributed by atoms with E-state index < -0.39 is 5.91 Å². The third kappa shape index (κ3) is 3.67. The van der Waals surface area contributed by atoms with Crippen LogP contribution in [0.4, 0.5) is 0 Å². The molecule has 2 atom stereocenters. The highest BCUT2D eigenvalue weighted by Crippen LogP contribution is 2.42. The molecule has 3 rings (SSSR count). The van der Waals surface area contributed by atoms with Gasteiger partial charge in [0.25, 0.3) is 5.91 Å². The minimum Gasteiger partial charge on any atom is -0.504 e. The van der Waals surface area contributed by atoms with Gasteiger partial charge in [-0.3, -0.25) is 9.79 Å². The van der Waals surface area contributed by atoms with E-state index in [9.17, 15) is 25.2 Å². The third-order valence-electron chi connectivity index (χ3n) is 3.53. The number of thioether (sulfide) groups is 1. The van der Waals surface area contributed by atoms with Gasteiger partial charge in [-0.2, -0.15) is 0 Å². The average molecular weight is 425 g/mol. The Kier molecular flexibility index (Phi) is 4.78. The number of benzene rings is 2. The van der Waals surface area contributed by atoms with Crippen molar-refractivity contribution in [2.24, 2.45) is 4.99 Å². The maximum Gasteiger partial charge on any atom is 0.257 e. The molecule has 25 heavy (non-hydrogen) atoms. The van der Waals surface area contributed by atoms with Gasteiger partial charge in [0.05, 0.1) is 4.16 Å². The Balaban J connectivity index is 1.77. The van der Waals surface area contributed by atoms with Gasteiger partial charge in [0, 0.05) is 5.56 Å². The van der Waals surface area contributed by atoms with Gasteiger partial charge in [-0.15, -0.1) is 0 Å². The van der Waals surface area contributed by atoms with Gasteiger partial charge in [0.1, 0.15) is 6.04 Å². The number of nitrogens with one attached hydrogen (secondary N) is 1. The fraction of sp³-hybridized carbons (Fsp3) is 0.125. The average Bonchev–Trinajstić information content (AvgIpc) is 2.93. The molecule has 1 heterocycles. The molecule has 2 aromatic carbocycles. The van der Waals surface area contributed by atoms with E-state index in [0.717, 1.165) is 6.07 Å². The summed E-state index contributed by atoms with van der Waals surface area (Å²) in [5.74, 6) is -1.63. The van der Waals surface area contributed by atoms with Crippen LogP contribution in [0.2, 0.25) is 0 Å². The number of amides is 1. The molecule has 1 unspecified atom stereocenters. The zero-order valence-electron chi connectivity index (χ0n) is 12.5. The van der Waals surface area contributed by atoms with Gasteiger partial charge in [0.15, 0.2) is 28.2 Å². The van der Waals surface area contributed by atoms with Crippen LogP contribution in [0.5, 0.6) is 23.0 Å². The van der Waals surface area contributed by atoms with Gasteiger partial charge in [-0.05, 0) is 35.9 Å². The second-order valence-electron chi connectivity index (χ2n) is 5.25. The molecule has 130 valence electrons. The van der Waals surface area contributed by atoms with Crippen molar-refractivity contribution in [3.8, 4) is 23.0 Å². The highest BCUT2D eigenvalue weighted by molar-refractivity contribution is 9.11. The molecule has 9 heteroatoms. The van der Waals surface area contributed by atoms with E-state index in [0.29, 0.717) is 10.7 Å². The highest BCUT2D eigenvalue weighted by atomic mass is 79.9. The van der Waals surface area contributed by atoms with Gasteiger partial charge in [-0.25, -0.2) is 0 Å². The number of carbonyl (C=O) groups is 1. The summed E-state index contributed by atoms with van der Waals surface area (Å²) in [4.78, 5) is 16.6. The third-order valence-corrected chi connectivity index (χ3v) is 5.50. The summed E-state index contributed by atoms with van der Waals surface area (Å²) in [5, 5.41) is 40.8. The lowest BCUT2D eigenvalue weighted by molar-refractivity contribution is 0.0977. The Morgan fingerprint density at radius 1 is 1.00 bits per heavy atom. The monoisotopic (exact) mass is 424 g/mol. The second-order valence-corrected chi connectivity index (χ2v) is 7.98. The lowest BCUT2D eigenvalue weighted by Crippen LogP contribution is -2.27. The van der Waals surface area contributed by atoms with Crippen molar-refractivity contribution in [1.29, 1.82) is 0 Å². The highest BCUT2D eigenvalue weighted by Gasteiger charge is 2.31. The number of hydrogen-bond acceptors (Lipinski definition) is 7. The van der Waals surface area contributed by atoms with Crippen molar-refractivity contribution in [2.45, 2.75) is 10.2 Å². The van der Waals surface area contributed by atoms with E-state index in [1.807, 2.05) is 0 Å². The Morgan fingerprint density at radius 3 is 2.28 bits per heavy atom. The molecule has 0 saturated carbocycles. The van der Waals surface area contributed by atoms with E-state index in [1.165, 1.54) is 36.0 Å². The molecule has 2 aromatic rings. The first kappa shape index (κ1) is 17.4. The number of aliphatic imine (C=N–C) groups is 1. The van der Waals surface area contributed by atoms with Crippen molar-refractivity contribution >= 4 is 38.8 Å². The number of alkyl halides is 1. The molecule has 0 spiro atoms. The maximum absolute atomic E-state index is 12.2. The number of amidine groups is 1. The van der Waals surface area contributed by atoms with Gasteiger partial charge in [-0.1, -0.05) is 33.8 Å². The smallest absolute Gasteiger partial charge is 0.257 e. The minimum absolute atomic E-state index is 0.167. The minimum atomic E-state index is -0.476. The van der Waals surface area contributed by atoms with Crippen LogP contribution in [0.25, 0.3) is 0 Å². The Morgan fingerprint density at radius 2 is 1.64 bits per heavy atom. The molecule has 5 N–H and O–H groups in total. The number of nitrogens with zero attached hydrogens (tertiary/aromatic N) is 1. The van der Waals surface area contributed by atoms with Crippen molar-refractivity contribution in [1.82, 2.24) is 5.32 Å². The van der Waals surface area contributed by atoms with Gasteiger partial charge in [0.2, 0.25) is 0 Å². The van der Waals surface area contributed by atoms with Crippen molar-refractivity contribution in [3.05, 3.63) is 47.5 Å². The summed E-state index contributed by atoms with van der Waals surface area (Å²) in [6, 6.07) is 7.84. The lowest BCUT2D eigenvalue weighted by Gasteiger charge is -2.11. The first-order valence-electron chi connectivity index (χ1n) is 7.09. The molecule has 0 saturated heterocycles. The van der Waals surface area contributed by atoms with E-state index in [4.69, 9.17) is 0 Å². The van der Waals surface area contributed by atoms with Crippen LogP contribution in [-0.2, 0) is 0 Å². The van der Waals surface area contributed by atoms with E-state index >= 15 is 0 Å². The molecule has 1 amide bonds. The summed E-state index contributed by atoms with van der Waals surface area (Å²) < 4.78 is -0.167. The zero-order valence-corrected chi connectivity index (χ0v) is 15.0. The maximum atomic E-state index is 12.2. The zero-order chi connectivity index (χ0) is 18.1. The first-order chi connectivity index (χ1) is 11.8. The SMILES string of the molecule is O=C(NC1=N[C@H](c2ccc(O)c(O)c2)C(Br)S1)c1ccc(O)c(O)c1. The van der Waals surface area contributed by atoms with E-state index in [-0.39, 0.29) is 38.8 Å². The van der Waals surface area contributed by atoms with Crippen LogP contribution in [0.15, 0.2) is 41.4 Å². The first-order valence-corrected chi connectivity index (χ1v) is 8.88. The quantitative estimate of drug-likeness (QED) is 0.373. The molecule has 0 bridgehead atoms. The lowest BCUT2D eigenvalue weighted by atomic mass is 10.1. The van der Waals surface area contributed by atoms with Crippen LogP contribution in [-0.4, -0.2) is 35.7 Å². The number of rotatable bonds is 2. The van der Waals surface area contributed by atoms with Crippen LogP contribution in [0, 0.1) is 0 Å². The number of hydrogen-bond donors (Lipinski definition) is 5.